The van der Waals surface area contributed by atoms with Gasteiger partial charge in [0.1, 0.15) is 11.6 Å². The Kier molecular flexibility index (Phi) is 3.65. The molecule has 2 unspecified atom stereocenters. The van der Waals surface area contributed by atoms with Crippen LogP contribution in [0.15, 0.2) is 12.4 Å². The maximum Gasteiger partial charge on any atom is 0.212 e. The molecule has 0 saturated heterocycles. The molecule has 0 saturated carbocycles. The zero-order valence-electron chi connectivity index (χ0n) is 9.73. The fourth-order valence-electron chi connectivity index (χ4n) is 1.65. The molecule has 2 atom stereocenters. The van der Waals surface area contributed by atoms with Crippen LogP contribution in [0, 0.1) is 22.7 Å². The Bertz CT molecular complexity index is 436. The van der Waals surface area contributed by atoms with Crippen molar-refractivity contribution in [2.45, 2.75) is 31.8 Å². The van der Waals surface area contributed by atoms with Crippen LogP contribution in [0.25, 0.3) is 0 Å². The number of nitrogens with one attached hydrogen (secondary N) is 1. The predicted octanol–water partition coefficient (Wildman–Crippen LogP) is 1.21. The van der Waals surface area contributed by atoms with Gasteiger partial charge in [0.15, 0.2) is 0 Å². The Morgan fingerprint density at radius 3 is 2.81 bits per heavy atom. The molecule has 5 nitrogen and oxygen atoms in total. The number of nitrogens with zero attached hydrogens (tertiary/aromatic N) is 4. The lowest BCUT2D eigenvalue weighted by atomic mass is 9.95. The van der Waals surface area contributed by atoms with Crippen LogP contribution in [0.1, 0.15) is 32.1 Å². The predicted molar refractivity (Wildman–Crippen MR) is 59.3 cm³/mol. The first kappa shape index (κ1) is 12.2. The van der Waals surface area contributed by atoms with Gasteiger partial charge < -0.3 is 9.88 Å². The van der Waals surface area contributed by atoms with Crippen molar-refractivity contribution in [1.82, 2.24) is 14.9 Å². The Morgan fingerprint density at radius 2 is 2.31 bits per heavy atom. The SMILES string of the molecule is CNC(C)(C#N)CC(C)n1ccnc1C#N. The molecular weight excluding hydrogens is 202 g/mol. The lowest BCUT2D eigenvalue weighted by Crippen LogP contribution is -2.40. The Hall–Kier alpha value is -1.85. The van der Waals surface area contributed by atoms with Crippen LogP contribution < -0.4 is 5.32 Å². The number of hydrogen-bond acceptors (Lipinski definition) is 4. The minimum atomic E-state index is -0.587. The van der Waals surface area contributed by atoms with E-state index in [1.807, 2.05) is 19.9 Å². The van der Waals surface area contributed by atoms with E-state index in [2.05, 4.69) is 16.4 Å². The molecule has 0 radical (unpaired) electrons. The number of hydrogen-bond donors (Lipinski definition) is 1. The Balaban J connectivity index is 2.85. The molecule has 0 amide bonds. The summed E-state index contributed by atoms with van der Waals surface area (Å²) < 4.78 is 1.78. The normalized spacial score (nSPS) is 15.8. The largest absolute Gasteiger partial charge is 0.320 e. The van der Waals surface area contributed by atoms with Gasteiger partial charge in [-0.05, 0) is 27.3 Å². The highest BCUT2D eigenvalue weighted by Gasteiger charge is 2.25. The molecular formula is C11H15N5. The van der Waals surface area contributed by atoms with Crippen molar-refractivity contribution >= 4 is 0 Å². The molecule has 1 heterocycles. The zero-order chi connectivity index (χ0) is 12.2. The van der Waals surface area contributed by atoms with E-state index in [9.17, 15) is 0 Å². The fourth-order valence-corrected chi connectivity index (χ4v) is 1.65. The third kappa shape index (κ3) is 2.39. The number of imidazole rings is 1. The van der Waals surface area contributed by atoms with Gasteiger partial charge in [0, 0.05) is 18.4 Å². The standard InChI is InChI=1S/C11H15N5/c1-9(6-11(2,8-13)14-3)16-5-4-15-10(16)7-12/h4-5,9,14H,6H2,1-3H3. The van der Waals surface area contributed by atoms with Gasteiger partial charge in [-0.1, -0.05) is 0 Å². The van der Waals surface area contributed by atoms with E-state index >= 15 is 0 Å². The molecule has 0 fully saturated rings. The van der Waals surface area contributed by atoms with Gasteiger partial charge >= 0.3 is 0 Å². The first-order valence-electron chi connectivity index (χ1n) is 5.09. The van der Waals surface area contributed by atoms with Gasteiger partial charge in [0.25, 0.3) is 0 Å². The van der Waals surface area contributed by atoms with Crippen molar-refractivity contribution in [3.63, 3.8) is 0 Å². The van der Waals surface area contributed by atoms with E-state index in [0.29, 0.717) is 12.2 Å². The highest BCUT2D eigenvalue weighted by molar-refractivity contribution is 5.13. The van der Waals surface area contributed by atoms with Crippen LogP contribution in [0.4, 0.5) is 0 Å². The molecule has 1 aromatic heterocycles. The molecule has 0 aromatic carbocycles. The van der Waals surface area contributed by atoms with Gasteiger partial charge in [-0.15, -0.1) is 0 Å². The summed E-state index contributed by atoms with van der Waals surface area (Å²) in [5.41, 5.74) is -0.587. The van der Waals surface area contributed by atoms with Crippen LogP contribution in [-0.4, -0.2) is 22.1 Å². The van der Waals surface area contributed by atoms with E-state index in [1.54, 1.807) is 24.0 Å². The van der Waals surface area contributed by atoms with Gasteiger partial charge in [0.05, 0.1) is 6.07 Å². The lowest BCUT2D eigenvalue weighted by molar-refractivity contribution is 0.366. The first-order valence-corrected chi connectivity index (χ1v) is 5.09. The molecule has 0 aliphatic carbocycles. The van der Waals surface area contributed by atoms with Crippen molar-refractivity contribution in [3.8, 4) is 12.1 Å². The molecule has 0 aliphatic heterocycles. The second-order valence-corrected chi connectivity index (χ2v) is 4.02. The summed E-state index contributed by atoms with van der Waals surface area (Å²) in [6, 6.07) is 4.31. The molecule has 84 valence electrons. The van der Waals surface area contributed by atoms with E-state index in [1.165, 1.54) is 0 Å². The molecule has 0 spiro atoms. The van der Waals surface area contributed by atoms with Crippen LogP contribution in [0.2, 0.25) is 0 Å². The summed E-state index contributed by atoms with van der Waals surface area (Å²) in [4.78, 5) is 3.94. The summed E-state index contributed by atoms with van der Waals surface area (Å²) in [6.07, 6.45) is 3.97. The van der Waals surface area contributed by atoms with E-state index in [-0.39, 0.29) is 6.04 Å². The third-order valence-electron chi connectivity index (χ3n) is 2.75. The monoisotopic (exact) mass is 217 g/mol. The van der Waals surface area contributed by atoms with Crippen LogP contribution in [-0.2, 0) is 0 Å². The highest BCUT2D eigenvalue weighted by atomic mass is 15.1. The lowest BCUT2D eigenvalue weighted by Gasteiger charge is -2.25. The zero-order valence-corrected chi connectivity index (χ0v) is 9.73. The van der Waals surface area contributed by atoms with Gasteiger partial charge in [-0.3, -0.25) is 0 Å². The summed E-state index contributed by atoms with van der Waals surface area (Å²) in [5.74, 6) is 0.379. The Labute approximate surface area is 95.3 Å². The first-order chi connectivity index (χ1) is 7.56. The van der Waals surface area contributed by atoms with Gasteiger partial charge in [0.2, 0.25) is 5.82 Å². The van der Waals surface area contributed by atoms with Crippen molar-refractivity contribution in [1.29, 1.82) is 10.5 Å². The molecule has 5 heteroatoms. The third-order valence-corrected chi connectivity index (χ3v) is 2.75. The fraction of sp³-hybridized carbons (Fsp3) is 0.545. The summed E-state index contributed by atoms with van der Waals surface area (Å²) >= 11 is 0. The summed E-state index contributed by atoms with van der Waals surface area (Å²) in [5, 5.41) is 20.9. The van der Waals surface area contributed by atoms with E-state index in [0.717, 1.165) is 0 Å². The summed E-state index contributed by atoms with van der Waals surface area (Å²) in [6.45, 7) is 3.81. The van der Waals surface area contributed by atoms with Gasteiger partial charge in [-0.25, -0.2) is 4.98 Å². The maximum atomic E-state index is 9.06. The Morgan fingerprint density at radius 1 is 1.62 bits per heavy atom. The minimum Gasteiger partial charge on any atom is -0.320 e. The van der Waals surface area contributed by atoms with Crippen LogP contribution in [0.3, 0.4) is 0 Å². The number of aromatic nitrogens is 2. The smallest absolute Gasteiger partial charge is 0.212 e. The average Bonchev–Trinajstić information content (AvgIpc) is 2.76. The minimum absolute atomic E-state index is 0.0502. The topological polar surface area (TPSA) is 77.4 Å². The second kappa shape index (κ2) is 4.78. The van der Waals surface area contributed by atoms with Gasteiger partial charge in [-0.2, -0.15) is 10.5 Å². The molecule has 1 rings (SSSR count). The van der Waals surface area contributed by atoms with E-state index < -0.39 is 5.54 Å². The molecule has 1 aromatic rings. The van der Waals surface area contributed by atoms with E-state index in [4.69, 9.17) is 10.5 Å². The maximum absolute atomic E-state index is 9.06. The van der Waals surface area contributed by atoms with Crippen molar-refractivity contribution in [2.75, 3.05) is 7.05 Å². The van der Waals surface area contributed by atoms with Crippen molar-refractivity contribution < 1.29 is 0 Å². The molecule has 0 aliphatic rings. The summed E-state index contributed by atoms with van der Waals surface area (Å²) in [7, 11) is 1.76. The van der Waals surface area contributed by atoms with Crippen molar-refractivity contribution in [3.05, 3.63) is 18.2 Å². The molecule has 16 heavy (non-hydrogen) atoms. The van der Waals surface area contributed by atoms with Crippen LogP contribution in [0.5, 0.6) is 0 Å². The second-order valence-electron chi connectivity index (χ2n) is 4.02. The molecule has 1 N–H and O–H groups in total. The highest BCUT2D eigenvalue weighted by Crippen LogP contribution is 2.21. The average molecular weight is 217 g/mol. The number of rotatable bonds is 4. The molecule has 0 bridgehead atoms. The quantitative estimate of drug-likeness (QED) is 0.822. The van der Waals surface area contributed by atoms with Crippen LogP contribution >= 0.6 is 0 Å². The van der Waals surface area contributed by atoms with Crippen molar-refractivity contribution in [2.24, 2.45) is 0 Å². The number of nitriles is 2.